The van der Waals surface area contributed by atoms with Crippen molar-refractivity contribution in [2.75, 3.05) is 7.11 Å². The summed E-state index contributed by atoms with van der Waals surface area (Å²) in [5, 5.41) is 0.581. The average molecular weight is 392 g/mol. The predicted molar refractivity (Wildman–Crippen MR) is 91.9 cm³/mol. The molecule has 1 heterocycles. The zero-order valence-electron chi connectivity index (χ0n) is 11.6. The topological polar surface area (TPSA) is 39.4 Å². The summed E-state index contributed by atoms with van der Waals surface area (Å²) < 4.78 is 11.9. The third-order valence-corrected chi connectivity index (χ3v) is 4.37. The highest BCUT2D eigenvalue weighted by Crippen LogP contribution is 2.30. The van der Waals surface area contributed by atoms with Gasteiger partial charge >= 0.3 is 0 Å². The Labute approximate surface area is 135 Å². The third kappa shape index (κ3) is 2.44. The Hall–Kier alpha value is -1.82. The van der Waals surface area contributed by atoms with Gasteiger partial charge in [0.25, 0.3) is 0 Å². The van der Waals surface area contributed by atoms with Gasteiger partial charge in [0.2, 0.25) is 5.43 Å². The molecule has 2 aromatic carbocycles. The van der Waals surface area contributed by atoms with Crippen molar-refractivity contribution in [1.29, 1.82) is 0 Å². The summed E-state index contributed by atoms with van der Waals surface area (Å²) in [6.07, 6.45) is 0. The normalized spacial score (nSPS) is 10.8. The fraction of sp³-hybridized carbons (Fsp3) is 0.118. The molecule has 0 aliphatic heterocycles. The maximum Gasteiger partial charge on any atom is 0.206 e. The Bertz CT molecular complexity index is 867. The van der Waals surface area contributed by atoms with Gasteiger partial charge in [-0.3, -0.25) is 4.79 Å². The minimum absolute atomic E-state index is 0.0125. The van der Waals surface area contributed by atoms with Gasteiger partial charge < -0.3 is 9.15 Å². The molecule has 3 rings (SSSR count). The van der Waals surface area contributed by atoms with Crippen molar-refractivity contribution in [3.63, 3.8) is 0 Å². The second-order valence-corrected chi connectivity index (χ2v) is 5.84. The van der Waals surface area contributed by atoms with Crippen molar-refractivity contribution in [3.05, 3.63) is 61.8 Å². The molecule has 0 unspecified atom stereocenters. The zero-order chi connectivity index (χ0) is 15.0. The minimum atomic E-state index is -0.0125. The average Bonchev–Trinajstić information content (AvgIpc) is 2.52. The lowest BCUT2D eigenvalue weighted by Crippen LogP contribution is -2.08. The molecule has 106 valence electrons. The van der Waals surface area contributed by atoms with E-state index >= 15 is 0 Å². The lowest BCUT2D eigenvalue weighted by molar-refractivity contribution is 0.411. The van der Waals surface area contributed by atoms with Crippen LogP contribution in [-0.4, -0.2) is 7.11 Å². The fourth-order valence-corrected chi connectivity index (χ4v) is 3.01. The lowest BCUT2D eigenvalue weighted by Gasteiger charge is -2.09. The molecule has 21 heavy (non-hydrogen) atoms. The zero-order valence-corrected chi connectivity index (χ0v) is 13.8. The molecule has 3 aromatic rings. The number of ether oxygens (including phenoxy) is 1. The van der Waals surface area contributed by atoms with Crippen LogP contribution in [0.5, 0.6) is 5.75 Å². The Morgan fingerprint density at radius 2 is 1.86 bits per heavy atom. The van der Waals surface area contributed by atoms with Gasteiger partial charge in [-0.05, 0) is 41.1 Å². The van der Waals surface area contributed by atoms with E-state index in [0.717, 1.165) is 11.1 Å². The van der Waals surface area contributed by atoms with E-state index < -0.39 is 0 Å². The first-order valence-corrected chi connectivity index (χ1v) is 7.56. The van der Waals surface area contributed by atoms with Crippen molar-refractivity contribution >= 4 is 33.6 Å². The van der Waals surface area contributed by atoms with Gasteiger partial charge in [0.1, 0.15) is 14.9 Å². The Morgan fingerprint density at radius 3 is 2.52 bits per heavy atom. The van der Waals surface area contributed by atoms with Crippen molar-refractivity contribution in [1.82, 2.24) is 0 Å². The number of fused-ring (bicyclic) bond motifs is 1. The van der Waals surface area contributed by atoms with Gasteiger partial charge in [0.05, 0.1) is 12.5 Å². The van der Waals surface area contributed by atoms with Gasteiger partial charge in [0.15, 0.2) is 5.76 Å². The van der Waals surface area contributed by atoms with Crippen LogP contribution >= 0.6 is 22.6 Å². The molecule has 0 atom stereocenters. The van der Waals surface area contributed by atoms with E-state index in [1.165, 1.54) is 0 Å². The molecule has 0 bridgehead atoms. The van der Waals surface area contributed by atoms with Crippen LogP contribution in [0, 0.1) is 10.5 Å². The molecule has 0 aliphatic rings. The molecule has 0 amide bonds. The number of benzene rings is 2. The Morgan fingerprint density at radius 1 is 1.14 bits per heavy atom. The molecule has 0 radical (unpaired) electrons. The van der Waals surface area contributed by atoms with E-state index in [4.69, 9.17) is 9.15 Å². The van der Waals surface area contributed by atoms with Gasteiger partial charge in [-0.2, -0.15) is 0 Å². The van der Waals surface area contributed by atoms with Crippen molar-refractivity contribution in [2.24, 2.45) is 0 Å². The number of hydrogen-bond donors (Lipinski definition) is 0. The van der Waals surface area contributed by atoms with E-state index in [2.05, 4.69) is 0 Å². The molecule has 0 aliphatic carbocycles. The fourth-order valence-electron chi connectivity index (χ4n) is 2.30. The summed E-state index contributed by atoms with van der Waals surface area (Å²) in [7, 11) is 1.61. The number of methoxy groups -OCH3 is 1. The summed E-state index contributed by atoms with van der Waals surface area (Å²) in [6, 6.07) is 13.2. The van der Waals surface area contributed by atoms with E-state index in [-0.39, 0.29) is 5.43 Å². The van der Waals surface area contributed by atoms with Crippen LogP contribution in [0.2, 0.25) is 0 Å². The summed E-state index contributed by atoms with van der Waals surface area (Å²) >= 11 is 2.05. The predicted octanol–water partition coefficient (Wildman–Crippen LogP) is 4.38. The van der Waals surface area contributed by atoms with Gasteiger partial charge in [-0.25, -0.2) is 0 Å². The van der Waals surface area contributed by atoms with Crippen LogP contribution in [-0.2, 0) is 0 Å². The maximum absolute atomic E-state index is 12.6. The van der Waals surface area contributed by atoms with E-state index in [0.29, 0.717) is 26.0 Å². The number of rotatable bonds is 2. The van der Waals surface area contributed by atoms with Crippen LogP contribution in [0.3, 0.4) is 0 Å². The van der Waals surface area contributed by atoms with E-state index in [1.807, 2.05) is 65.9 Å². The molecule has 0 saturated heterocycles. The SMILES string of the molecule is COc1cc2oc(-c3ccccc3)c(I)c(=O)c2cc1C. The number of hydrogen-bond acceptors (Lipinski definition) is 3. The highest BCUT2D eigenvalue weighted by Gasteiger charge is 2.15. The monoisotopic (exact) mass is 392 g/mol. The first kappa shape index (κ1) is 14.1. The number of aryl methyl sites for hydroxylation is 1. The summed E-state index contributed by atoms with van der Waals surface area (Å²) in [5.41, 5.74) is 2.34. The first-order valence-electron chi connectivity index (χ1n) is 6.48. The van der Waals surface area contributed by atoms with Gasteiger partial charge in [-0.1, -0.05) is 30.3 Å². The molecule has 0 fully saturated rings. The molecule has 0 spiro atoms. The smallest absolute Gasteiger partial charge is 0.206 e. The van der Waals surface area contributed by atoms with Crippen molar-refractivity contribution in [2.45, 2.75) is 6.92 Å². The summed E-state index contributed by atoms with van der Waals surface area (Å²) in [6.45, 7) is 1.91. The molecule has 1 aromatic heterocycles. The quantitative estimate of drug-likeness (QED) is 0.608. The van der Waals surface area contributed by atoms with Crippen molar-refractivity contribution in [3.8, 4) is 17.1 Å². The molecule has 0 N–H and O–H groups in total. The van der Waals surface area contributed by atoms with Crippen LogP contribution < -0.4 is 10.2 Å². The van der Waals surface area contributed by atoms with Gasteiger partial charge in [0, 0.05) is 11.6 Å². The highest BCUT2D eigenvalue weighted by molar-refractivity contribution is 14.1. The third-order valence-electron chi connectivity index (χ3n) is 3.39. The highest BCUT2D eigenvalue weighted by atomic mass is 127. The first-order chi connectivity index (χ1) is 10.1. The van der Waals surface area contributed by atoms with E-state index in [1.54, 1.807) is 13.2 Å². The standard InChI is InChI=1S/C17H13IO3/c1-10-8-12-14(9-13(10)20-2)21-17(15(18)16(12)19)11-6-4-3-5-7-11/h3-9H,1-2H3. The Kier molecular flexibility index (Phi) is 3.71. The minimum Gasteiger partial charge on any atom is -0.496 e. The lowest BCUT2D eigenvalue weighted by atomic mass is 10.1. The van der Waals surface area contributed by atoms with Gasteiger partial charge in [-0.15, -0.1) is 0 Å². The molecule has 3 nitrogen and oxygen atoms in total. The molecule has 0 saturated carbocycles. The van der Waals surface area contributed by atoms with Crippen LogP contribution in [0.15, 0.2) is 51.7 Å². The van der Waals surface area contributed by atoms with E-state index in [9.17, 15) is 4.79 Å². The molecular weight excluding hydrogens is 379 g/mol. The Balaban J connectivity index is 2.36. The molecular formula is C17H13IO3. The molecule has 4 heteroatoms. The van der Waals surface area contributed by atoms with Crippen LogP contribution in [0.1, 0.15) is 5.56 Å². The summed E-state index contributed by atoms with van der Waals surface area (Å²) in [5.74, 6) is 1.31. The van der Waals surface area contributed by atoms with Crippen LogP contribution in [0.4, 0.5) is 0 Å². The largest absolute Gasteiger partial charge is 0.496 e. The second kappa shape index (κ2) is 5.52. The second-order valence-electron chi connectivity index (χ2n) is 4.76. The summed E-state index contributed by atoms with van der Waals surface area (Å²) in [4.78, 5) is 12.6. The van der Waals surface area contributed by atoms with Crippen LogP contribution in [0.25, 0.3) is 22.3 Å². The maximum atomic E-state index is 12.6. The number of halogens is 1. The van der Waals surface area contributed by atoms with Crippen molar-refractivity contribution < 1.29 is 9.15 Å².